The van der Waals surface area contributed by atoms with Crippen LogP contribution in [0.15, 0.2) is 0 Å². The molecule has 0 rings (SSSR count). The normalized spacial score (nSPS) is 14.7. The molecule has 0 aliphatic heterocycles. The van der Waals surface area contributed by atoms with Crippen LogP contribution in [-0.4, -0.2) is 60.5 Å². The average Bonchev–Trinajstić information content (AvgIpc) is 2.11. The number of rotatable bonds is 7. The third-order valence-electron chi connectivity index (χ3n) is 1.21. The Morgan fingerprint density at radius 3 is 1.50 bits per heavy atom. The van der Waals surface area contributed by atoms with Crippen LogP contribution in [0.25, 0.3) is 0 Å². The molecule has 0 aliphatic carbocycles. The Hall–Kier alpha value is -0.101. The minimum atomic E-state index is -1.01. The van der Waals surface area contributed by atoms with E-state index in [1.54, 1.807) is 0 Å². The van der Waals surface area contributed by atoms with Crippen LogP contribution in [0.2, 0.25) is 10.6 Å². The van der Waals surface area contributed by atoms with Crippen molar-refractivity contribution in [3.8, 4) is 0 Å². The van der Waals surface area contributed by atoms with E-state index >= 15 is 0 Å². The number of carboxylic acid groups (broad SMARTS) is 2. The van der Waals surface area contributed by atoms with E-state index in [1.807, 2.05) is 0 Å². The zero-order valence-electron chi connectivity index (χ0n) is 7.25. The molecule has 0 aromatic rings. The Labute approximate surface area is 92.3 Å². The monoisotopic (exact) mass is 330 g/mol. The molecule has 6 nitrogen and oxygen atoms in total. The maximum absolute atomic E-state index is 10.3. The summed E-state index contributed by atoms with van der Waals surface area (Å²) < 4.78 is 0. The van der Waals surface area contributed by atoms with Gasteiger partial charge in [-0.25, -0.2) is 0 Å². The second kappa shape index (κ2) is 7.22. The van der Waals surface area contributed by atoms with E-state index in [0.717, 1.165) is 0 Å². The molecule has 0 bridgehead atoms. The first-order valence-corrected chi connectivity index (χ1v) is 10.4. The third-order valence-corrected chi connectivity index (χ3v) is 8.42. The van der Waals surface area contributed by atoms with Crippen molar-refractivity contribution in [1.82, 2.24) is 0 Å². The van der Waals surface area contributed by atoms with Gasteiger partial charge in [-0.05, 0) is 0 Å². The molecular formula is C6H12N2O4Se2. The van der Waals surface area contributed by atoms with Crippen LogP contribution in [0, 0.1) is 0 Å². The fourth-order valence-corrected chi connectivity index (χ4v) is 7.30. The zero-order valence-corrected chi connectivity index (χ0v) is 10.7. The molecule has 0 amide bonds. The molecule has 0 aromatic carbocycles. The molecule has 0 aromatic heterocycles. The first-order valence-electron chi connectivity index (χ1n) is 3.66. The minimum absolute atomic E-state index is 0.109. The molecule has 6 N–H and O–H groups in total. The van der Waals surface area contributed by atoms with Crippen molar-refractivity contribution in [3.63, 3.8) is 0 Å². The third kappa shape index (κ3) is 6.37. The van der Waals surface area contributed by atoms with Crippen LogP contribution in [0.5, 0.6) is 0 Å². The zero-order chi connectivity index (χ0) is 11.1. The summed E-state index contributed by atoms with van der Waals surface area (Å²) in [6.45, 7) is 0. The second-order valence-electron chi connectivity index (χ2n) is 2.46. The van der Waals surface area contributed by atoms with E-state index in [0.29, 0.717) is 10.6 Å². The molecule has 0 unspecified atom stereocenters. The summed E-state index contributed by atoms with van der Waals surface area (Å²) in [5.74, 6) is -2.02. The van der Waals surface area contributed by atoms with E-state index in [1.165, 1.54) is 0 Å². The van der Waals surface area contributed by atoms with Crippen LogP contribution < -0.4 is 11.5 Å². The molecule has 0 radical (unpaired) electrons. The molecular weight excluding hydrogens is 318 g/mol. The van der Waals surface area contributed by atoms with E-state index < -0.39 is 24.0 Å². The molecule has 0 fully saturated rings. The summed E-state index contributed by atoms with van der Waals surface area (Å²) in [5, 5.41) is 17.8. The molecule has 2 atom stereocenters. The fraction of sp³-hybridized carbons (Fsp3) is 0.667. The first-order chi connectivity index (χ1) is 6.45. The Morgan fingerprint density at radius 1 is 1.00 bits per heavy atom. The van der Waals surface area contributed by atoms with Gasteiger partial charge in [-0.3, -0.25) is 0 Å². The van der Waals surface area contributed by atoms with Gasteiger partial charge in [-0.2, -0.15) is 0 Å². The number of carbonyl (C=O) groups is 2. The van der Waals surface area contributed by atoms with Gasteiger partial charge in [0.15, 0.2) is 0 Å². The van der Waals surface area contributed by atoms with Gasteiger partial charge in [0.1, 0.15) is 0 Å². The standard InChI is InChI=1S/C6H12N2O4Se2/c7-3(5(9)10)1-13-14-2-4(8)6(11)12/h3-4H,1-2,7-8H2,(H,9,10)(H,11,12)/t3-,4-/m0/s1/i13-2,14-2. The van der Waals surface area contributed by atoms with Gasteiger partial charge in [0.25, 0.3) is 0 Å². The predicted molar refractivity (Wildman–Crippen MR) is 52.3 cm³/mol. The summed E-state index contributed by atoms with van der Waals surface area (Å²) in [7, 11) is 0. The number of nitrogens with two attached hydrogens (primary N) is 2. The first kappa shape index (κ1) is 13.9. The number of carboxylic acids is 2. The van der Waals surface area contributed by atoms with Gasteiger partial charge in [-0.15, -0.1) is 0 Å². The van der Waals surface area contributed by atoms with Crippen molar-refractivity contribution in [3.05, 3.63) is 0 Å². The van der Waals surface area contributed by atoms with Gasteiger partial charge in [-0.1, -0.05) is 0 Å². The summed E-state index contributed by atoms with van der Waals surface area (Å²) in [6.07, 6.45) is 0. The predicted octanol–water partition coefficient (Wildman–Crippen LogP) is -2.03. The number of hydrogen-bond donors (Lipinski definition) is 4. The Morgan fingerprint density at radius 2 is 1.29 bits per heavy atom. The van der Waals surface area contributed by atoms with Crippen LogP contribution >= 0.6 is 0 Å². The van der Waals surface area contributed by atoms with Crippen molar-refractivity contribution < 1.29 is 19.8 Å². The van der Waals surface area contributed by atoms with Crippen molar-refractivity contribution in [2.75, 3.05) is 0 Å². The summed E-state index contributed by atoms with van der Waals surface area (Å²) in [6, 6.07) is -1.64. The van der Waals surface area contributed by atoms with E-state index in [4.69, 9.17) is 21.7 Å². The molecule has 0 heterocycles. The van der Waals surface area contributed by atoms with Crippen LogP contribution in [-0.2, 0) is 9.59 Å². The van der Waals surface area contributed by atoms with Gasteiger partial charge in [0, 0.05) is 0 Å². The molecule has 0 saturated carbocycles. The van der Waals surface area contributed by atoms with Crippen molar-refractivity contribution in [2.45, 2.75) is 22.7 Å². The molecule has 82 valence electrons. The Balaban J connectivity index is 3.47. The molecule has 8 heteroatoms. The van der Waals surface area contributed by atoms with Gasteiger partial charge in [0.05, 0.1) is 0 Å². The molecule has 0 aliphatic rings. The fourth-order valence-electron chi connectivity index (χ4n) is 0.385. The van der Waals surface area contributed by atoms with E-state index in [2.05, 4.69) is 0 Å². The number of aliphatic carboxylic acids is 2. The quantitative estimate of drug-likeness (QED) is 0.315. The summed E-state index contributed by atoms with van der Waals surface area (Å²) >= 11 is 0.218. The average molecular weight is 330 g/mol. The van der Waals surface area contributed by atoms with Crippen LogP contribution in [0.1, 0.15) is 0 Å². The van der Waals surface area contributed by atoms with Gasteiger partial charge < -0.3 is 0 Å². The van der Waals surface area contributed by atoms with Gasteiger partial charge in [0.2, 0.25) is 0 Å². The van der Waals surface area contributed by atoms with E-state index in [-0.39, 0.29) is 26.3 Å². The van der Waals surface area contributed by atoms with Crippen molar-refractivity contribution in [1.29, 1.82) is 0 Å². The molecule has 14 heavy (non-hydrogen) atoms. The van der Waals surface area contributed by atoms with E-state index in [9.17, 15) is 9.59 Å². The molecule has 0 spiro atoms. The Bertz CT molecular complexity index is 192. The van der Waals surface area contributed by atoms with Crippen LogP contribution in [0.3, 0.4) is 0 Å². The topological polar surface area (TPSA) is 127 Å². The maximum atomic E-state index is 10.3. The van der Waals surface area contributed by atoms with Crippen molar-refractivity contribution >= 4 is 38.2 Å². The summed E-state index contributed by atoms with van der Waals surface area (Å²) in [4.78, 5) is 20.6. The van der Waals surface area contributed by atoms with Gasteiger partial charge >= 0.3 is 92.2 Å². The van der Waals surface area contributed by atoms with Crippen LogP contribution in [0.4, 0.5) is 0 Å². The Kier molecular flexibility index (Phi) is 7.17. The van der Waals surface area contributed by atoms with Crippen molar-refractivity contribution in [2.24, 2.45) is 11.5 Å². The number of hydrogen-bond acceptors (Lipinski definition) is 4. The SMILES string of the molecule is N[C@@H](C[77Se][77Se]C[C@H](N)C(=O)O)C(=O)O. The summed E-state index contributed by atoms with van der Waals surface area (Å²) in [5.41, 5.74) is 10.5. The molecule has 0 saturated heterocycles. The second-order valence-corrected chi connectivity index (χ2v) is 9.99.